The van der Waals surface area contributed by atoms with Crippen LogP contribution in [0.15, 0.2) is 42.7 Å². The number of nitrogens with zero attached hydrogens (tertiary/aromatic N) is 3. The van der Waals surface area contributed by atoms with E-state index in [2.05, 4.69) is 4.98 Å². The van der Waals surface area contributed by atoms with Crippen LogP contribution in [0.25, 0.3) is 0 Å². The van der Waals surface area contributed by atoms with E-state index in [1.165, 1.54) is 12.3 Å². The maximum absolute atomic E-state index is 13.3. The fourth-order valence-electron chi connectivity index (χ4n) is 2.97. The van der Waals surface area contributed by atoms with Gasteiger partial charge in [0.2, 0.25) is 5.91 Å². The Balaban J connectivity index is 1.63. The van der Waals surface area contributed by atoms with E-state index in [4.69, 9.17) is 0 Å². The maximum atomic E-state index is 13.3. The van der Waals surface area contributed by atoms with E-state index in [0.29, 0.717) is 26.2 Å². The van der Waals surface area contributed by atoms with Gasteiger partial charge in [-0.3, -0.25) is 9.78 Å². The van der Waals surface area contributed by atoms with Crippen molar-refractivity contribution in [3.63, 3.8) is 0 Å². The highest BCUT2D eigenvalue weighted by molar-refractivity contribution is 5.83. The fourth-order valence-corrected chi connectivity index (χ4v) is 2.97. The van der Waals surface area contributed by atoms with Crippen LogP contribution in [-0.4, -0.2) is 47.1 Å². The second kappa shape index (κ2) is 6.86. The summed E-state index contributed by atoms with van der Waals surface area (Å²) >= 11 is 0. The van der Waals surface area contributed by atoms with Crippen LogP contribution >= 0.6 is 0 Å². The summed E-state index contributed by atoms with van der Waals surface area (Å²) in [7, 11) is 0. The van der Waals surface area contributed by atoms with E-state index in [1.54, 1.807) is 24.4 Å². The van der Waals surface area contributed by atoms with Crippen molar-refractivity contribution in [3.8, 4) is 5.75 Å². The molecule has 2 heterocycles. The molecule has 1 unspecified atom stereocenters. The SMILES string of the molecule is CC(C(=O)N1CCN(c2cncc(F)c2)CC1)c1cccc(O)c1. The Hall–Kier alpha value is -2.63. The lowest BCUT2D eigenvalue weighted by atomic mass is 9.99. The third-order valence-electron chi connectivity index (χ3n) is 4.39. The predicted octanol–water partition coefficient (Wildman–Crippen LogP) is 2.38. The van der Waals surface area contributed by atoms with E-state index in [0.717, 1.165) is 11.3 Å². The number of halogens is 1. The summed E-state index contributed by atoms with van der Waals surface area (Å²) in [5.41, 5.74) is 1.54. The number of benzene rings is 1. The van der Waals surface area contributed by atoms with Crippen molar-refractivity contribution < 1.29 is 14.3 Å². The highest BCUT2D eigenvalue weighted by Gasteiger charge is 2.26. The van der Waals surface area contributed by atoms with Gasteiger partial charge in [0.05, 0.1) is 24.0 Å². The average Bonchev–Trinajstić information content (AvgIpc) is 2.60. The molecular formula is C18H20FN3O2. The molecule has 126 valence electrons. The topological polar surface area (TPSA) is 56.7 Å². The molecule has 1 aromatic heterocycles. The lowest BCUT2D eigenvalue weighted by Gasteiger charge is -2.37. The van der Waals surface area contributed by atoms with Crippen LogP contribution in [0.4, 0.5) is 10.1 Å². The Morgan fingerprint density at radius 3 is 2.62 bits per heavy atom. The molecule has 2 aromatic rings. The monoisotopic (exact) mass is 329 g/mol. The van der Waals surface area contributed by atoms with E-state index in [1.807, 2.05) is 22.8 Å². The molecule has 1 atom stereocenters. The summed E-state index contributed by atoms with van der Waals surface area (Å²) in [6.45, 7) is 4.30. The molecule has 24 heavy (non-hydrogen) atoms. The van der Waals surface area contributed by atoms with Crippen LogP contribution in [0.1, 0.15) is 18.4 Å². The van der Waals surface area contributed by atoms with Gasteiger partial charge in [0.25, 0.3) is 0 Å². The Bertz CT molecular complexity index is 730. The summed E-state index contributed by atoms with van der Waals surface area (Å²) in [5.74, 6) is -0.462. The van der Waals surface area contributed by atoms with Crippen molar-refractivity contribution in [2.24, 2.45) is 0 Å². The predicted molar refractivity (Wildman–Crippen MR) is 89.5 cm³/mol. The Labute approximate surface area is 140 Å². The van der Waals surface area contributed by atoms with Crippen molar-refractivity contribution in [2.45, 2.75) is 12.8 Å². The van der Waals surface area contributed by atoms with Crippen LogP contribution in [-0.2, 0) is 4.79 Å². The number of phenols is 1. The number of anilines is 1. The molecule has 1 N–H and O–H groups in total. The van der Waals surface area contributed by atoms with Gasteiger partial charge in [-0.25, -0.2) is 4.39 Å². The Morgan fingerprint density at radius 1 is 1.21 bits per heavy atom. The lowest BCUT2D eigenvalue weighted by molar-refractivity contribution is -0.132. The van der Waals surface area contributed by atoms with Crippen molar-refractivity contribution in [3.05, 3.63) is 54.1 Å². The molecule has 1 fully saturated rings. The van der Waals surface area contributed by atoms with Gasteiger partial charge in [-0.1, -0.05) is 12.1 Å². The Morgan fingerprint density at radius 2 is 1.96 bits per heavy atom. The number of rotatable bonds is 3. The zero-order chi connectivity index (χ0) is 17.1. The summed E-state index contributed by atoms with van der Waals surface area (Å²) in [4.78, 5) is 20.4. The minimum Gasteiger partial charge on any atom is -0.508 e. The van der Waals surface area contributed by atoms with E-state index < -0.39 is 0 Å². The van der Waals surface area contributed by atoms with Crippen LogP contribution in [0.3, 0.4) is 0 Å². The molecule has 6 heteroatoms. The number of hydrogen-bond acceptors (Lipinski definition) is 4. The number of amides is 1. The minimum absolute atomic E-state index is 0.0395. The molecule has 1 aromatic carbocycles. The number of hydrogen-bond donors (Lipinski definition) is 1. The molecule has 0 aliphatic carbocycles. The molecule has 0 spiro atoms. The Kier molecular flexibility index (Phi) is 4.64. The molecule has 0 radical (unpaired) electrons. The van der Waals surface area contributed by atoms with Gasteiger partial charge >= 0.3 is 0 Å². The zero-order valence-electron chi connectivity index (χ0n) is 13.5. The van der Waals surface area contributed by atoms with Crippen molar-refractivity contribution in [1.29, 1.82) is 0 Å². The first kappa shape index (κ1) is 16.2. The molecule has 1 saturated heterocycles. The number of carbonyl (C=O) groups is 1. The summed E-state index contributed by atoms with van der Waals surface area (Å²) in [6, 6.07) is 8.25. The van der Waals surface area contributed by atoms with Gasteiger partial charge < -0.3 is 14.9 Å². The number of piperazine rings is 1. The van der Waals surface area contributed by atoms with Gasteiger partial charge in [-0.2, -0.15) is 0 Å². The minimum atomic E-state index is -0.358. The number of aromatic nitrogens is 1. The molecule has 3 rings (SSSR count). The van der Waals surface area contributed by atoms with Crippen molar-refractivity contribution in [1.82, 2.24) is 9.88 Å². The molecular weight excluding hydrogens is 309 g/mol. The summed E-state index contributed by atoms with van der Waals surface area (Å²) < 4.78 is 13.3. The van der Waals surface area contributed by atoms with Gasteiger partial charge in [0, 0.05) is 32.2 Å². The van der Waals surface area contributed by atoms with Crippen LogP contribution < -0.4 is 4.90 Å². The third-order valence-corrected chi connectivity index (χ3v) is 4.39. The van der Waals surface area contributed by atoms with Gasteiger partial charge in [-0.15, -0.1) is 0 Å². The first-order chi connectivity index (χ1) is 11.5. The van der Waals surface area contributed by atoms with Gasteiger partial charge in [0.15, 0.2) is 0 Å². The quantitative estimate of drug-likeness (QED) is 0.939. The number of pyridine rings is 1. The van der Waals surface area contributed by atoms with Crippen LogP contribution in [0.5, 0.6) is 5.75 Å². The molecule has 5 nitrogen and oxygen atoms in total. The summed E-state index contributed by atoms with van der Waals surface area (Å²) in [6.07, 6.45) is 2.82. The van der Waals surface area contributed by atoms with E-state index >= 15 is 0 Å². The first-order valence-corrected chi connectivity index (χ1v) is 7.98. The highest BCUT2D eigenvalue weighted by atomic mass is 19.1. The number of phenolic OH excluding ortho intramolecular Hbond substituents is 1. The number of carbonyl (C=O) groups excluding carboxylic acids is 1. The van der Waals surface area contributed by atoms with Gasteiger partial charge in [-0.05, 0) is 24.6 Å². The smallest absolute Gasteiger partial charge is 0.229 e. The second-order valence-electron chi connectivity index (χ2n) is 5.99. The molecule has 1 amide bonds. The van der Waals surface area contributed by atoms with Gasteiger partial charge in [0.1, 0.15) is 11.6 Å². The maximum Gasteiger partial charge on any atom is 0.229 e. The third kappa shape index (κ3) is 3.48. The van der Waals surface area contributed by atoms with E-state index in [-0.39, 0.29) is 23.4 Å². The van der Waals surface area contributed by atoms with Crippen LogP contribution in [0, 0.1) is 5.82 Å². The normalized spacial score (nSPS) is 16.1. The average molecular weight is 329 g/mol. The molecule has 1 aliphatic rings. The zero-order valence-corrected chi connectivity index (χ0v) is 13.5. The molecule has 0 saturated carbocycles. The fraction of sp³-hybridized carbons (Fsp3) is 0.333. The molecule has 0 bridgehead atoms. The van der Waals surface area contributed by atoms with Crippen molar-refractivity contribution >= 4 is 11.6 Å². The van der Waals surface area contributed by atoms with Crippen molar-refractivity contribution in [2.75, 3.05) is 31.1 Å². The highest BCUT2D eigenvalue weighted by Crippen LogP contribution is 2.23. The first-order valence-electron chi connectivity index (χ1n) is 7.98. The van der Waals surface area contributed by atoms with E-state index in [9.17, 15) is 14.3 Å². The molecule has 1 aliphatic heterocycles. The largest absolute Gasteiger partial charge is 0.508 e. The lowest BCUT2D eigenvalue weighted by Crippen LogP contribution is -2.49. The second-order valence-corrected chi connectivity index (χ2v) is 5.99. The number of aromatic hydroxyl groups is 1. The van der Waals surface area contributed by atoms with Crippen LogP contribution in [0.2, 0.25) is 0 Å². The standard InChI is InChI=1S/C18H20FN3O2/c1-13(14-3-2-4-17(23)9-14)18(24)22-7-5-21(6-8-22)16-10-15(19)11-20-12-16/h2-4,9-13,23H,5-8H2,1H3. The summed E-state index contributed by atoms with van der Waals surface area (Å²) in [5, 5.41) is 9.57.